The predicted molar refractivity (Wildman–Crippen MR) is 32.6 cm³/mol. The lowest BCUT2D eigenvalue weighted by Crippen LogP contribution is -1.93. The summed E-state index contributed by atoms with van der Waals surface area (Å²) >= 11 is 0. The molecule has 0 saturated heterocycles. The van der Waals surface area contributed by atoms with Gasteiger partial charge in [-0.2, -0.15) is 5.10 Å². The van der Waals surface area contributed by atoms with Crippen LogP contribution in [0.15, 0.2) is 12.3 Å². The van der Waals surface area contributed by atoms with Crippen LogP contribution in [-0.4, -0.2) is 9.78 Å². The van der Waals surface area contributed by atoms with E-state index in [2.05, 4.69) is 12.0 Å². The number of hydrogen-bond donors (Lipinski definition) is 0. The van der Waals surface area contributed by atoms with Gasteiger partial charge in [0.1, 0.15) is 0 Å². The third kappa shape index (κ3) is 0.886. The van der Waals surface area contributed by atoms with E-state index in [0.717, 1.165) is 12.2 Å². The Labute approximate surface area is 49.1 Å². The van der Waals surface area contributed by atoms with E-state index in [1.165, 1.54) is 0 Å². The summed E-state index contributed by atoms with van der Waals surface area (Å²) < 4.78 is 1.91. The molecular weight excluding hydrogens is 100 g/mol. The van der Waals surface area contributed by atoms with Crippen molar-refractivity contribution in [2.45, 2.75) is 20.4 Å². The van der Waals surface area contributed by atoms with Gasteiger partial charge in [0.05, 0.1) is 5.69 Å². The summed E-state index contributed by atoms with van der Waals surface area (Å²) in [5.74, 6) is 0. The fraction of sp³-hybridized carbons (Fsp3) is 0.500. The Bertz CT molecular complexity index is 167. The van der Waals surface area contributed by atoms with Crippen molar-refractivity contribution in [3.8, 4) is 0 Å². The quantitative estimate of drug-likeness (QED) is 0.531. The second kappa shape index (κ2) is 1.99. The molecule has 2 nitrogen and oxygen atoms in total. The van der Waals surface area contributed by atoms with Crippen LogP contribution >= 0.6 is 0 Å². The van der Waals surface area contributed by atoms with E-state index in [4.69, 9.17) is 0 Å². The standard InChI is InChI=1S/C6H10N2/c1-3-8-5-4-6(2)7-8/h4-5H,3H2,1-2H3. The smallest absolute Gasteiger partial charge is 0.0593 e. The molecule has 1 aromatic heterocycles. The van der Waals surface area contributed by atoms with Crippen LogP contribution < -0.4 is 0 Å². The number of aryl methyl sites for hydroxylation is 2. The molecule has 1 rings (SSSR count). The lowest BCUT2D eigenvalue weighted by Gasteiger charge is -1.89. The summed E-state index contributed by atoms with van der Waals surface area (Å²) in [6.45, 7) is 5.03. The van der Waals surface area contributed by atoms with Gasteiger partial charge in [-0.15, -0.1) is 0 Å². The maximum Gasteiger partial charge on any atom is 0.0593 e. The van der Waals surface area contributed by atoms with Crippen LogP contribution in [0.3, 0.4) is 0 Å². The summed E-state index contributed by atoms with van der Waals surface area (Å²) in [6, 6.07) is 2.00. The van der Waals surface area contributed by atoms with Gasteiger partial charge in [-0.25, -0.2) is 0 Å². The zero-order chi connectivity index (χ0) is 5.98. The first-order valence-electron chi connectivity index (χ1n) is 2.83. The normalized spacial score (nSPS) is 9.75. The van der Waals surface area contributed by atoms with Gasteiger partial charge in [-0.1, -0.05) is 0 Å². The van der Waals surface area contributed by atoms with Crippen LogP contribution in [0.1, 0.15) is 12.6 Å². The molecule has 1 aromatic rings. The Hall–Kier alpha value is -0.790. The van der Waals surface area contributed by atoms with Crippen molar-refractivity contribution < 1.29 is 0 Å². The topological polar surface area (TPSA) is 17.8 Å². The van der Waals surface area contributed by atoms with Crippen molar-refractivity contribution in [3.05, 3.63) is 18.0 Å². The van der Waals surface area contributed by atoms with Gasteiger partial charge in [-0.05, 0) is 19.9 Å². The molecule has 44 valence electrons. The molecule has 0 unspecified atom stereocenters. The highest BCUT2D eigenvalue weighted by Crippen LogP contribution is 1.90. The summed E-state index contributed by atoms with van der Waals surface area (Å²) in [5.41, 5.74) is 1.09. The van der Waals surface area contributed by atoms with Crippen molar-refractivity contribution >= 4 is 0 Å². The van der Waals surface area contributed by atoms with Crippen LogP contribution in [0.4, 0.5) is 0 Å². The van der Waals surface area contributed by atoms with E-state index in [1.54, 1.807) is 0 Å². The Kier molecular flexibility index (Phi) is 1.33. The minimum absolute atomic E-state index is 0.966. The molecule has 2 heteroatoms. The Balaban J connectivity index is 2.84. The Morgan fingerprint density at radius 1 is 1.75 bits per heavy atom. The van der Waals surface area contributed by atoms with Crippen LogP contribution in [0.25, 0.3) is 0 Å². The number of nitrogens with zero attached hydrogens (tertiary/aromatic N) is 2. The van der Waals surface area contributed by atoms with Crippen LogP contribution in [0.5, 0.6) is 0 Å². The molecule has 0 aliphatic heterocycles. The molecular formula is C6H10N2. The first kappa shape index (κ1) is 5.35. The Morgan fingerprint density at radius 3 is 2.75 bits per heavy atom. The van der Waals surface area contributed by atoms with E-state index in [1.807, 2.05) is 23.9 Å². The number of rotatable bonds is 1. The van der Waals surface area contributed by atoms with Gasteiger partial charge in [0.25, 0.3) is 0 Å². The van der Waals surface area contributed by atoms with Gasteiger partial charge < -0.3 is 0 Å². The molecule has 0 aliphatic rings. The van der Waals surface area contributed by atoms with E-state index in [0.29, 0.717) is 0 Å². The fourth-order valence-corrected chi connectivity index (χ4v) is 0.639. The molecule has 0 spiro atoms. The van der Waals surface area contributed by atoms with Crippen molar-refractivity contribution in [1.82, 2.24) is 9.78 Å². The number of aromatic nitrogens is 2. The second-order valence-corrected chi connectivity index (χ2v) is 1.81. The molecule has 0 bridgehead atoms. The summed E-state index contributed by atoms with van der Waals surface area (Å²) in [4.78, 5) is 0. The highest BCUT2D eigenvalue weighted by Gasteiger charge is 1.86. The highest BCUT2D eigenvalue weighted by molar-refractivity contribution is 4.94. The monoisotopic (exact) mass is 110 g/mol. The lowest BCUT2D eigenvalue weighted by molar-refractivity contribution is 0.653. The number of hydrogen-bond acceptors (Lipinski definition) is 1. The molecule has 0 aromatic carbocycles. The molecule has 0 fully saturated rings. The molecule has 0 aliphatic carbocycles. The molecule has 0 radical (unpaired) electrons. The average Bonchev–Trinajstić information content (AvgIpc) is 2.14. The Morgan fingerprint density at radius 2 is 2.50 bits per heavy atom. The van der Waals surface area contributed by atoms with Gasteiger partial charge >= 0.3 is 0 Å². The van der Waals surface area contributed by atoms with Crippen molar-refractivity contribution in [2.24, 2.45) is 0 Å². The zero-order valence-corrected chi connectivity index (χ0v) is 5.26. The third-order valence-corrected chi connectivity index (χ3v) is 1.10. The van der Waals surface area contributed by atoms with Gasteiger partial charge in [0, 0.05) is 12.7 Å². The fourth-order valence-electron chi connectivity index (χ4n) is 0.639. The zero-order valence-electron chi connectivity index (χ0n) is 5.26. The van der Waals surface area contributed by atoms with Crippen LogP contribution in [0.2, 0.25) is 0 Å². The predicted octanol–water partition coefficient (Wildman–Crippen LogP) is 1.21. The van der Waals surface area contributed by atoms with Crippen molar-refractivity contribution in [1.29, 1.82) is 0 Å². The van der Waals surface area contributed by atoms with Crippen LogP contribution in [0, 0.1) is 6.92 Å². The molecule has 0 N–H and O–H groups in total. The second-order valence-electron chi connectivity index (χ2n) is 1.81. The highest BCUT2D eigenvalue weighted by atomic mass is 15.3. The third-order valence-electron chi connectivity index (χ3n) is 1.10. The summed E-state index contributed by atoms with van der Waals surface area (Å²) in [6.07, 6.45) is 1.98. The van der Waals surface area contributed by atoms with E-state index in [9.17, 15) is 0 Å². The van der Waals surface area contributed by atoms with Gasteiger partial charge in [0.15, 0.2) is 0 Å². The minimum atomic E-state index is 0.966. The maximum absolute atomic E-state index is 4.15. The maximum atomic E-state index is 4.15. The average molecular weight is 110 g/mol. The largest absolute Gasteiger partial charge is 0.273 e. The van der Waals surface area contributed by atoms with Gasteiger partial charge in [0.2, 0.25) is 0 Å². The first-order valence-corrected chi connectivity index (χ1v) is 2.83. The molecule has 0 saturated carbocycles. The lowest BCUT2D eigenvalue weighted by atomic mass is 10.5. The molecule has 8 heavy (non-hydrogen) atoms. The first-order chi connectivity index (χ1) is 3.83. The van der Waals surface area contributed by atoms with Gasteiger partial charge in [-0.3, -0.25) is 4.68 Å². The molecule has 0 atom stereocenters. The van der Waals surface area contributed by atoms with Crippen LogP contribution in [-0.2, 0) is 6.54 Å². The van der Waals surface area contributed by atoms with E-state index >= 15 is 0 Å². The molecule has 0 amide bonds. The van der Waals surface area contributed by atoms with Crippen molar-refractivity contribution in [2.75, 3.05) is 0 Å². The summed E-state index contributed by atoms with van der Waals surface area (Å²) in [7, 11) is 0. The molecule has 1 heterocycles. The SMILES string of the molecule is CCn1ccc(C)n1. The van der Waals surface area contributed by atoms with Crippen molar-refractivity contribution in [3.63, 3.8) is 0 Å². The minimum Gasteiger partial charge on any atom is -0.273 e. The summed E-state index contributed by atoms with van der Waals surface area (Å²) in [5, 5.41) is 4.15. The van der Waals surface area contributed by atoms with E-state index < -0.39 is 0 Å². The van der Waals surface area contributed by atoms with E-state index in [-0.39, 0.29) is 0 Å².